The number of aromatic nitrogens is 1. The summed E-state index contributed by atoms with van der Waals surface area (Å²) >= 11 is 0. The molecule has 4 heteroatoms. The lowest BCUT2D eigenvalue weighted by Crippen LogP contribution is -2.25. The number of fused-ring (bicyclic) bond motifs is 16. The first-order chi connectivity index (χ1) is 31.7. The van der Waals surface area contributed by atoms with Crippen LogP contribution in [0.4, 0.5) is 17.1 Å². The quantitative estimate of drug-likeness (QED) is 0.174. The van der Waals surface area contributed by atoms with Crippen LogP contribution in [0.1, 0.15) is 22.3 Å². The first-order valence-electron chi connectivity index (χ1n) is 21.9. The summed E-state index contributed by atoms with van der Waals surface area (Å²) in [6.45, 7) is 0. The maximum atomic E-state index is 7.07. The Hall–Kier alpha value is -8.47. The minimum atomic E-state index is -0.429. The summed E-state index contributed by atoms with van der Waals surface area (Å²) in [6.07, 6.45) is 0. The van der Waals surface area contributed by atoms with Crippen LogP contribution in [0, 0.1) is 0 Å². The molecule has 0 saturated carbocycles. The molecule has 2 aromatic heterocycles. The van der Waals surface area contributed by atoms with E-state index in [1.54, 1.807) is 0 Å². The third kappa shape index (κ3) is 4.85. The molecule has 1 spiro atoms. The monoisotopic (exact) mass is 816 g/mol. The summed E-state index contributed by atoms with van der Waals surface area (Å²) in [5, 5.41) is 4.31. The minimum Gasteiger partial charge on any atom is -0.454 e. The maximum absolute atomic E-state index is 7.07. The predicted molar refractivity (Wildman–Crippen MR) is 261 cm³/mol. The van der Waals surface area contributed by atoms with E-state index in [1.807, 2.05) is 30.3 Å². The lowest BCUT2D eigenvalue weighted by molar-refractivity contribution is 0.620. The van der Waals surface area contributed by atoms with E-state index in [-0.39, 0.29) is 0 Å². The van der Waals surface area contributed by atoms with E-state index in [1.165, 1.54) is 50.1 Å². The van der Waals surface area contributed by atoms with Crippen LogP contribution < -0.4 is 4.90 Å². The Labute approximate surface area is 368 Å². The van der Waals surface area contributed by atoms with Gasteiger partial charge in [-0.2, -0.15) is 0 Å². The van der Waals surface area contributed by atoms with Crippen LogP contribution in [-0.2, 0) is 5.41 Å². The summed E-state index contributed by atoms with van der Waals surface area (Å²) in [6, 6.07) is 78.7. The zero-order chi connectivity index (χ0) is 41.9. The van der Waals surface area contributed by atoms with Crippen LogP contribution in [-0.4, -0.2) is 4.98 Å². The van der Waals surface area contributed by atoms with Crippen molar-refractivity contribution >= 4 is 60.9 Å². The van der Waals surface area contributed by atoms with Gasteiger partial charge in [-0.3, -0.25) is 0 Å². The van der Waals surface area contributed by atoms with E-state index >= 15 is 0 Å². The van der Waals surface area contributed by atoms with Crippen LogP contribution in [0.2, 0.25) is 0 Å². The molecule has 0 bridgehead atoms. The number of rotatable bonds is 5. The summed E-state index contributed by atoms with van der Waals surface area (Å²) < 4.78 is 13.4. The Morgan fingerprint density at radius 1 is 0.391 bits per heavy atom. The molecule has 0 radical (unpaired) electrons. The molecule has 10 aromatic carbocycles. The summed E-state index contributed by atoms with van der Waals surface area (Å²) in [5.41, 5.74) is 19.4. The van der Waals surface area contributed by atoms with Gasteiger partial charge in [0, 0.05) is 27.7 Å². The Bertz CT molecular complexity index is 3780. The average molecular weight is 817 g/mol. The first-order valence-corrected chi connectivity index (χ1v) is 21.9. The van der Waals surface area contributed by atoms with Crippen molar-refractivity contribution in [3.05, 3.63) is 241 Å². The number of para-hydroxylation sites is 2. The SMILES string of the molecule is c1ccc(-c2ccc(N(c3ccc4c(c3)-c3ccccc3C43c4ccccc4-c4ccccc43)c3cc4ccccc4c4c3oc3ccc(-c5nc6ccccc6o5)cc34)cc2)cc1. The van der Waals surface area contributed by atoms with Crippen molar-refractivity contribution in [2.24, 2.45) is 0 Å². The number of nitrogens with zero attached hydrogens (tertiary/aromatic N) is 2. The molecule has 4 nitrogen and oxygen atoms in total. The number of hydrogen-bond donors (Lipinski definition) is 0. The molecule has 2 aliphatic rings. The van der Waals surface area contributed by atoms with Crippen molar-refractivity contribution in [2.75, 3.05) is 4.90 Å². The number of hydrogen-bond acceptors (Lipinski definition) is 4. The fraction of sp³-hybridized carbons (Fsp3) is 0.0167. The highest BCUT2D eigenvalue weighted by atomic mass is 16.3. The van der Waals surface area contributed by atoms with E-state index < -0.39 is 5.41 Å². The third-order valence-corrected chi connectivity index (χ3v) is 13.7. The highest BCUT2D eigenvalue weighted by molar-refractivity contribution is 6.23. The molecule has 298 valence electrons. The Kier molecular flexibility index (Phi) is 7.29. The Morgan fingerprint density at radius 2 is 0.984 bits per heavy atom. The molecule has 2 heterocycles. The standard InChI is InChI=1S/C60H36N2O2/c1-2-14-37(15-3-1)38-26-29-41(30-27-38)62(42-31-32-52-47(36-42)46-20-8-11-23-51(46)60(52)49-21-9-6-18-44(49)45-19-7-10-22-50(45)60)54-35-39-16-4-5-17-43(39)57-48-34-40(28-33-55(48)63-58(54)57)59-61-53-24-12-13-25-56(53)64-59/h1-36H. The van der Waals surface area contributed by atoms with Crippen LogP contribution in [0.3, 0.4) is 0 Å². The highest BCUT2D eigenvalue weighted by Crippen LogP contribution is 2.63. The number of anilines is 3. The molecule has 64 heavy (non-hydrogen) atoms. The first kappa shape index (κ1) is 35.2. The minimum absolute atomic E-state index is 0.429. The van der Waals surface area contributed by atoms with E-state index in [0.717, 1.165) is 72.0 Å². The van der Waals surface area contributed by atoms with Crippen molar-refractivity contribution in [3.8, 4) is 44.8 Å². The largest absolute Gasteiger partial charge is 0.454 e. The number of furan rings is 1. The summed E-state index contributed by atoms with van der Waals surface area (Å²) in [4.78, 5) is 7.25. The highest BCUT2D eigenvalue weighted by Gasteiger charge is 2.51. The van der Waals surface area contributed by atoms with Gasteiger partial charge in [-0.05, 0) is 127 Å². The van der Waals surface area contributed by atoms with Gasteiger partial charge in [0.1, 0.15) is 11.1 Å². The molecule has 0 N–H and O–H groups in total. The fourth-order valence-electron chi connectivity index (χ4n) is 11.0. The van der Waals surface area contributed by atoms with Gasteiger partial charge in [0.05, 0.1) is 11.1 Å². The van der Waals surface area contributed by atoms with Gasteiger partial charge in [0.15, 0.2) is 11.2 Å². The summed E-state index contributed by atoms with van der Waals surface area (Å²) in [7, 11) is 0. The number of benzene rings is 10. The molecular formula is C60H36N2O2. The smallest absolute Gasteiger partial charge is 0.227 e. The second-order valence-electron chi connectivity index (χ2n) is 17.0. The van der Waals surface area contributed by atoms with Crippen molar-refractivity contribution in [1.82, 2.24) is 4.98 Å². The molecule has 12 aromatic rings. The lowest BCUT2D eigenvalue weighted by Gasteiger charge is -2.31. The van der Waals surface area contributed by atoms with Gasteiger partial charge in [0.25, 0.3) is 0 Å². The van der Waals surface area contributed by atoms with Gasteiger partial charge >= 0.3 is 0 Å². The normalized spacial score (nSPS) is 13.1. The zero-order valence-corrected chi connectivity index (χ0v) is 34.5. The molecule has 14 rings (SSSR count). The Balaban J connectivity index is 1.03. The molecule has 0 unspecified atom stereocenters. The number of oxazole rings is 1. The Morgan fingerprint density at radius 3 is 1.73 bits per heavy atom. The fourth-order valence-corrected chi connectivity index (χ4v) is 11.0. The van der Waals surface area contributed by atoms with Gasteiger partial charge < -0.3 is 13.7 Å². The molecule has 0 fully saturated rings. The second-order valence-corrected chi connectivity index (χ2v) is 17.0. The van der Waals surface area contributed by atoms with E-state index in [2.05, 4.69) is 193 Å². The van der Waals surface area contributed by atoms with E-state index in [4.69, 9.17) is 13.8 Å². The molecule has 0 atom stereocenters. The van der Waals surface area contributed by atoms with Crippen LogP contribution in [0.25, 0.3) is 88.6 Å². The zero-order valence-electron chi connectivity index (χ0n) is 34.5. The van der Waals surface area contributed by atoms with Gasteiger partial charge in [0.2, 0.25) is 5.89 Å². The molecule has 0 saturated heterocycles. The topological polar surface area (TPSA) is 42.4 Å². The summed E-state index contributed by atoms with van der Waals surface area (Å²) in [5.74, 6) is 0.585. The maximum Gasteiger partial charge on any atom is 0.227 e. The van der Waals surface area contributed by atoms with Crippen molar-refractivity contribution < 1.29 is 8.83 Å². The van der Waals surface area contributed by atoms with E-state index in [9.17, 15) is 0 Å². The molecule has 0 aliphatic heterocycles. The van der Waals surface area contributed by atoms with Crippen LogP contribution >= 0.6 is 0 Å². The van der Waals surface area contributed by atoms with E-state index in [0.29, 0.717) is 5.89 Å². The van der Waals surface area contributed by atoms with Gasteiger partial charge in [-0.1, -0.05) is 158 Å². The van der Waals surface area contributed by atoms with Gasteiger partial charge in [-0.25, -0.2) is 4.98 Å². The predicted octanol–water partition coefficient (Wildman–Crippen LogP) is 16.0. The van der Waals surface area contributed by atoms with Gasteiger partial charge in [-0.15, -0.1) is 0 Å². The molecule has 2 aliphatic carbocycles. The second kappa shape index (κ2) is 13.3. The average Bonchev–Trinajstić information content (AvgIpc) is 4.12. The van der Waals surface area contributed by atoms with Crippen LogP contribution in [0.5, 0.6) is 0 Å². The lowest BCUT2D eigenvalue weighted by atomic mass is 9.70. The molecular weight excluding hydrogens is 781 g/mol. The van der Waals surface area contributed by atoms with Crippen molar-refractivity contribution in [2.45, 2.75) is 5.41 Å². The third-order valence-electron chi connectivity index (χ3n) is 13.7. The van der Waals surface area contributed by atoms with Crippen molar-refractivity contribution in [1.29, 1.82) is 0 Å². The van der Waals surface area contributed by atoms with Crippen LogP contribution in [0.15, 0.2) is 227 Å². The van der Waals surface area contributed by atoms with Crippen molar-refractivity contribution in [3.63, 3.8) is 0 Å². The molecule has 0 amide bonds.